The highest BCUT2D eigenvalue weighted by Gasteiger charge is 2.48. The van der Waals surface area contributed by atoms with Crippen LogP contribution in [0.4, 0.5) is 0 Å². The molecule has 5 heteroatoms. The van der Waals surface area contributed by atoms with Gasteiger partial charge in [-0.15, -0.1) is 0 Å². The highest BCUT2D eigenvalue weighted by Crippen LogP contribution is 2.37. The molecule has 0 aromatic heterocycles. The van der Waals surface area contributed by atoms with E-state index in [0.29, 0.717) is 5.92 Å². The first-order valence-electron chi connectivity index (χ1n) is 7.70. The number of nitrogens with one attached hydrogen (secondary N) is 1. The predicted octanol–water partition coefficient (Wildman–Crippen LogP) is 1.89. The lowest BCUT2D eigenvalue weighted by Gasteiger charge is -2.41. The zero-order chi connectivity index (χ0) is 14.7. The van der Waals surface area contributed by atoms with Crippen LogP contribution >= 0.6 is 11.8 Å². The Balaban J connectivity index is 2.10. The van der Waals surface area contributed by atoms with E-state index in [2.05, 4.69) is 18.5 Å². The third-order valence-electron chi connectivity index (χ3n) is 4.48. The van der Waals surface area contributed by atoms with Crippen LogP contribution in [0.1, 0.15) is 39.5 Å². The quantitative estimate of drug-likeness (QED) is 0.730. The van der Waals surface area contributed by atoms with E-state index in [1.165, 1.54) is 0 Å². The highest BCUT2D eigenvalue weighted by molar-refractivity contribution is 7.98. The molecule has 1 aliphatic heterocycles. The minimum absolute atomic E-state index is 0.0709. The van der Waals surface area contributed by atoms with E-state index in [9.17, 15) is 9.59 Å². The third-order valence-corrected chi connectivity index (χ3v) is 5.18. The normalized spacial score (nSPS) is 28.4. The van der Waals surface area contributed by atoms with E-state index in [1.54, 1.807) is 11.8 Å². The van der Waals surface area contributed by atoms with Gasteiger partial charge in [-0.2, -0.15) is 11.8 Å². The second kappa shape index (κ2) is 6.83. The number of rotatable bonds is 7. The van der Waals surface area contributed by atoms with Crippen LogP contribution in [0.5, 0.6) is 0 Å². The molecule has 4 nitrogen and oxygen atoms in total. The van der Waals surface area contributed by atoms with Gasteiger partial charge in [-0.1, -0.05) is 20.3 Å². The van der Waals surface area contributed by atoms with Gasteiger partial charge in [-0.3, -0.25) is 9.59 Å². The van der Waals surface area contributed by atoms with Crippen molar-refractivity contribution in [2.75, 3.05) is 18.6 Å². The van der Waals surface area contributed by atoms with Crippen LogP contribution in [-0.4, -0.2) is 47.4 Å². The lowest BCUT2D eigenvalue weighted by molar-refractivity contribution is -0.151. The first-order valence-corrected chi connectivity index (χ1v) is 9.09. The Morgan fingerprint density at radius 3 is 2.65 bits per heavy atom. The van der Waals surface area contributed by atoms with Crippen molar-refractivity contribution in [3.63, 3.8) is 0 Å². The largest absolute Gasteiger partial charge is 0.342 e. The molecule has 0 radical (unpaired) electrons. The van der Waals surface area contributed by atoms with Gasteiger partial charge < -0.3 is 10.2 Å². The Morgan fingerprint density at radius 2 is 2.10 bits per heavy atom. The molecule has 0 spiro atoms. The number of hydrogen-bond donors (Lipinski definition) is 1. The predicted molar refractivity (Wildman–Crippen MR) is 82.6 cm³/mol. The molecule has 2 aliphatic rings. The van der Waals surface area contributed by atoms with Crippen molar-refractivity contribution in [1.29, 1.82) is 0 Å². The molecule has 1 heterocycles. The van der Waals surface area contributed by atoms with Gasteiger partial charge in [0.15, 0.2) is 0 Å². The third kappa shape index (κ3) is 3.30. The van der Waals surface area contributed by atoms with E-state index in [-0.39, 0.29) is 29.8 Å². The molecule has 1 aliphatic carbocycles. The van der Waals surface area contributed by atoms with E-state index >= 15 is 0 Å². The van der Waals surface area contributed by atoms with Crippen molar-refractivity contribution in [2.45, 2.75) is 51.6 Å². The Kier molecular flexibility index (Phi) is 5.35. The summed E-state index contributed by atoms with van der Waals surface area (Å²) >= 11 is 1.79. The summed E-state index contributed by atoms with van der Waals surface area (Å²) in [6.45, 7) is 4.83. The maximum Gasteiger partial charge on any atom is 0.246 e. The van der Waals surface area contributed by atoms with Gasteiger partial charge in [0, 0.05) is 6.54 Å². The summed E-state index contributed by atoms with van der Waals surface area (Å²) in [5.41, 5.74) is 0. The summed E-state index contributed by atoms with van der Waals surface area (Å²) in [5.74, 6) is 1.84. The lowest BCUT2D eigenvalue weighted by Crippen LogP contribution is -2.65. The summed E-state index contributed by atoms with van der Waals surface area (Å²) in [5, 5.41) is 2.97. The Morgan fingerprint density at radius 1 is 1.40 bits per heavy atom. The first-order chi connectivity index (χ1) is 9.60. The van der Waals surface area contributed by atoms with Crippen LogP contribution in [0.3, 0.4) is 0 Å². The van der Waals surface area contributed by atoms with Gasteiger partial charge in [0.25, 0.3) is 0 Å². The van der Waals surface area contributed by atoms with Crippen molar-refractivity contribution in [2.24, 2.45) is 11.8 Å². The Bertz CT molecular complexity index is 371. The molecule has 1 N–H and O–H groups in total. The molecular weight excluding hydrogens is 272 g/mol. The van der Waals surface area contributed by atoms with Gasteiger partial charge >= 0.3 is 0 Å². The number of carbonyl (C=O) groups is 2. The maximum absolute atomic E-state index is 12.7. The van der Waals surface area contributed by atoms with E-state index < -0.39 is 0 Å². The molecule has 3 unspecified atom stereocenters. The van der Waals surface area contributed by atoms with Crippen LogP contribution in [0.25, 0.3) is 0 Å². The second-order valence-corrected chi connectivity index (χ2v) is 7.02. The molecule has 3 atom stereocenters. The minimum Gasteiger partial charge on any atom is -0.342 e. The fraction of sp³-hybridized carbons (Fsp3) is 0.867. The van der Waals surface area contributed by atoms with Crippen LogP contribution in [0.15, 0.2) is 0 Å². The summed E-state index contributed by atoms with van der Waals surface area (Å²) in [6.07, 6.45) is 6.11. The number of piperazine rings is 1. The van der Waals surface area contributed by atoms with Crippen molar-refractivity contribution in [1.82, 2.24) is 10.2 Å². The Labute approximate surface area is 126 Å². The molecule has 1 saturated heterocycles. The molecule has 0 aromatic rings. The first kappa shape index (κ1) is 15.7. The van der Waals surface area contributed by atoms with Gasteiger partial charge in [-0.25, -0.2) is 0 Å². The van der Waals surface area contributed by atoms with Crippen LogP contribution in [0.2, 0.25) is 0 Å². The van der Waals surface area contributed by atoms with Gasteiger partial charge in [0.2, 0.25) is 11.8 Å². The maximum atomic E-state index is 12.7. The van der Waals surface area contributed by atoms with Crippen molar-refractivity contribution < 1.29 is 9.59 Å². The number of hydrogen-bond acceptors (Lipinski definition) is 3. The second-order valence-electron chi connectivity index (χ2n) is 6.03. The summed E-state index contributed by atoms with van der Waals surface area (Å²) in [7, 11) is 0. The number of nitrogens with zero attached hydrogens (tertiary/aromatic N) is 1. The molecule has 0 bridgehead atoms. The molecule has 20 heavy (non-hydrogen) atoms. The van der Waals surface area contributed by atoms with E-state index in [4.69, 9.17) is 0 Å². The van der Waals surface area contributed by atoms with E-state index in [0.717, 1.165) is 38.0 Å². The molecule has 0 aromatic carbocycles. The van der Waals surface area contributed by atoms with E-state index in [1.807, 2.05) is 11.8 Å². The molecule has 114 valence electrons. The smallest absolute Gasteiger partial charge is 0.246 e. The average Bonchev–Trinajstić information content (AvgIpc) is 3.26. The number of amides is 2. The number of carbonyl (C=O) groups excluding carboxylic acids is 2. The van der Waals surface area contributed by atoms with Crippen LogP contribution < -0.4 is 5.32 Å². The topological polar surface area (TPSA) is 49.4 Å². The lowest BCUT2D eigenvalue weighted by atomic mass is 9.93. The summed E-state index contributed by atoms with van der Waals surface area (Å²) in [4.78, 5) is 27.0. The zero-order valence-electron chi connectivity index (χ0n) is 12.7. The monoisotopic (exact) mass is 298 g/mol. The SMILES string of the molecule is CCC(C)C1NC(=O)C(C2CC2)N(CCCSC)C1=O. The summed E-state index contributed by atoms with van der Waals surface area (Å²) in [6, 6.07) is -0.526. The van der Waals surface area contributed by atoms with Crippen molar-refractivity contribution in [3.8, 4) is 0 Å². The number of thioether (sulfide) groups is 1. The average molecular weight is 298 g/mol. The molecular formula is C15H26N2O2S. The van der Waals surface area contributed by atoms with Crippen LogP contribution in [-0.2, 0) is 9.59 Å². The Hall–Kier alpha value is -0.710. The minimum atomic E-state index is -0.322. The highest BCUT2D eigenvalue weighted by atomic mass is 32.2. The van der Waals surface area contributed by atoms with Crippen LogP contribution in [0, 0.1) is 11.8 Å². The van der Waals surface area contributed by atoms with Gasteiger partial charge in [0.05, 0.1) is 0 Å². The zero-order valence-corrected chi connectivity index (χ0v) is 13.5. The fourth-order valence-corrected chi connectivity index (χ4v) is 3.31. The fourth-order valence-electron chi connectivity index (χ4n) is 2.89. The molecule has 2 fully saturated rings. The summed E-state index contributed by atoms with van der Waals surface area (Å²) < 4.78 is 0. The van der Waals surface area contributed by atoms with Gasteiger partial charge in [0.1, 0.15) is 12.1 Å². The molecule has 1 saturated carbocycles. The molecule has 2 amide bonds. The molecule has 2 rings (SSSR count). The van der Waals surface area contributed by atoms with Gasteiger partial charge in [-0.05, 0) is 43.1 Å². The van der Waals surface area contributed by atoms with Crippen molar-refractivity contribution in [3.05, 3.63) is 0 Å². The standard InChI is InChI=1S/C15H26N2O2S/c1-4-10(2)12-15(19)17(8-5-9-20-3)13(11-6-7-11)14(18)16-12/h10-13H,4-9H2,1-3H3,(H,16,18). The van der Waals surface area contributed by atoms with Crippen molar-refractivity contribution >= 4 is 23.6 Å².